The number of amides is 1. The van der Waals surface area contributed by atoms with Gasteiger partial charge in [-0.3, -0.25) is 9.69 Å². The molecule has 0 spiro atoms. The molecular formula is C22H22F2N2O3. The number of carbonyl (C=O) groups excluding carboxylic acids is 1. The molecule has 0 unspecified atom stereocenters. The Morgan fingerprint density at radius 1 is 1.07 bits per heavy atom. The van der Waals surface area contributed by atoms with E-state index in [0.29, 0.717) is 6.54 Å². The number of hydrogen-bond donors (Lipinski definition) is 1. The molecule has 0 aliphatic heterocycles. The highest BCUT2D eigenvalue weighted by molar-refractivity contribution is 6.02. The molecule has 3 aromatic carbocycles. The smallest absolute Gasteiger partial charge is 0.387 e. The number of likely N-dealkylation sites (N-methyl/N-ethyl adjacent to an activating group) is 1. The highest BCUT2D eigenvalue weighted by Crippen LogP contribution is 2.30. The maximum Gasteiger partial charge on any atom is 0.387 e. The van der Waals surface area contributed by atoms with Gasteiger partial charge >= 0.3 is 6.61 Å². The molecular weight excluding hydrogens is 378 g/mol. The number of anilines is 1. The molecule has 0 aliphatic rings. The van der Waals surface area contributed by atoms with E-state index in [1.165, 1.54) is 13.2 Å². The number of ether oxygens (including phenoxy) is 2. The predicted molar refractivity (Wildman–Crippen MR) is 109 cm³/mol. The second-order valence-electron chi connectivity index (χ2n) is 6.61. The van der Waals surface area contributed by atoms with Crippen molar-refractivity contribution >= 4 is 22.4 Å². The molecule has 0 radical (unpaired) electrons. The van der Waals surface area contributed by atoms with Crippen LogP contribution in [0, 0.1) is 0 Å². The van der Waals surface area contributed by atoms with Crippen molar-refractivity contribution in [1.82, 2.24) is 4.90 Å². The Bertz CT molecular complexity index is 989. The fourth-order valence-corrected chi connectivity index (χ4v) is 3.14. The van der Waals surface area contributed by atoms with Crippen molar-refractivity contribution in [2.24, 2.45) is 0 Å². The Kier molecular flexibility index (Phi) is 6.61. The summed E-state index contributed by atoms with van der Waals surface area (Å²) < 4.78 is 34.4. The fraction of sp³-hybridized carbons (Fsp3) is 0.227. The normalized spacial score (nSPS) is 11.1. The minimum absolute atomic E-state index is 0.0254. The number of alkyl halides is 2. The number of nitrogens with zero attached hydrogens (tertiary/aromatic N) is 1. The van der Waals surface area contributed by atoms with Crippen molar-refractivity contribution < 1.29 is 23.0 Å². The minimum atomic E-state index is -2.92. The number of halogens is 2. The Hall–Kier alpha value is -3.19. The molecule has 152 valence electrons. The standard InChI is InChI=1S/C22H22F2N2O3/c1-26(13-15-10-11-19(29-22(23)24)20(12-15)28-2)14-21(27)25-18-9-5-7-16-6-3-4-8-17(16)18/h3-12,22H,13-14H2,1-2H3,(H,25,27). The topological polar surface area (TPSA) is 50.8 Å². The van der Waals surface area contributed by atoms with Gasteiger partial charge in [-0.2, -0.15) is 8.78 Å². The molecule has 5 nitrogen and oxygen atoms in total. The fourth-order valence-electron chi connectivity index (χ4n) is 3.14. The summed E-state index contributed by atoms with van der Waals surface area (Å²) in [5.41, 5.74) is 1.57. The highest BCUT2D eigenvalue weighted by atomic mass is 19.3. The summed E-state index contributed by atoms with van der Waals surface area (Å²) in [5, 5.41) is 4.98. The van der Waals surface area contributed by atoms with E-state index in [9.17, 15) is 13.6 Å². The highest BCUT2D eigenvalue weighted by Gasteiger charge is 2.13. The number of methoxy groups -OCH3 is 1. The molecule has 0 aliphatic carbocycles. The average molecular weight is 400 g/mol. The van der Waals surface area contributed by atoms with E-state index in [1.807, 2.05) is 47.4 Å². The maximum atomic E-state index is 12.5. The predicted octanol–water partition coefficient (Wildman–Crippen LogP) is 4.52. The summed E-state index contributed by atoms with van der Waals surface area (Å²) in [5.74, 6) is 0.0486. The van der Waals surface area contributed by atoms with E-state index in [-0.39, 0.29) is 24.0 Å². The molecule has 1 amide bonds. The Morgan fingerprint density at radius 2 is 1.83 bits per heavy atom. The van der Waals surface area contributed by atoms with Crippen molar-refractivity contribution in [1.29, 1.82) is 0 Å². The van der Waals surface area contributed by atoms with Crippen LogP contribution < -0.4 is 14.8 Å². The van der Waals surface area contributed by atoms with Gasteiger partial charge in [0.15, 0.2) is 11.5 Å². The van der Waals surface area contributed by atoms with Gasteiger partial charge in [0, 0.05) is 17.6 Å². The van der Waals surface area contributed by atoms with E-state index in [1.54, 1.807) is 19.2 Å². The van der Waals surface area contributed by atoms with Gasteiger partial charge in [-0.15, -0.1) is 0 Å². The van der Waals surface area contributed by atoms with Crippen molar-refractivity contribution in [3.8, 4) is 11.5 Å². The van der Waals surface area contributed by atoms with Gasteiger partial charge in [0.1, 0.15) is 0 Å². The van der Waals surface area contributed by atoms with Crippen LogP contribution in [0.5, 0.6) is 11.5 Å². The largest absolute Gasteiger partial charge is 0.493 e. The zero-order valence-corrected chi connectivity index (χ0v) is 16.2. The van der Waals surface area contributed by atoms with E-state index in [0.717, 1.165) is 22.0 Å². The Balaban J connectivity index is 1.63. The summed E-state index contributed by atoms with van der Waals surface area (Å²) in [7, 11) is 3.19. The lowest BCUT2D eigenvalue weighted by Gasteiger charge is -2.18. The third-order valence-corrected chi connectivity index (χ3v) is 4.37. The van der Waals surface area contributed by atoms with Crippen LogP contribution >= 0.6 is 0 Å². The molecule has 0 heterocycles. The first-order valence-corrected chi connectivity index (χ1v) is 9.04. The van der Waals surface area contributed by atoms with Crippen LogP contribution in [-0.2, 0) is 11.3 Å². The Labute approximate surface area is 167 Å². The lowest BCUT2D eigenvalue weighted by Crippen LogP contribution is -2.29. The first-order valence-electron chi connectivity index (χ1n) is 9.04. The summed E-state index contributed by atoms with van der Waals surface area (Å²) >= 11 is 0. The minimum Gasteiger partial charge on any atom is -0.493 e. The number of benzene rings is 3. The second kappa shape index (κ2) is 9.34. The molecule has 3 aromatic rings. The van der Waals surface area contributed by atoms with Crippen LogP contribution in [-0.4, -0.2) is 38.1 Å². The van der Waals surface area contributed by atoms with Gasteiger partial charge in [-0.25, -0.2) is 0 Å². The zero-order valence-electron chi connectivity index (χ0n) is 16.2. The summed E-state index contributed by atoms with van der Waals surface area (Å²) in [6.07, 6.45) is 0. The quantitative estimate of drug-likeness (QED) is 0.604. The SMILES string of the molecule is COc1cc(CN(C)CC(=O)Nc2cccc3ccccc23)ccc1OC(F)F. The van der Waals surface area contributed by atoms with Crippen LogP contribution in [0.3, 0.4) is 0 Å². The summed E-state index contributed by atoms with van der Waals surface area (Å²) in [6, 6.07) is 18.3. The van der Waals surface area contributed by atoms with Crippen LogP contribution in [0.4, 0.5) is 14.5 Å². The van der Waals surface area contributed by atoms with E-state index >= 15 is 0 Å². The number of nitrogens with one attached hydrogen (secondary N) is 1. The van der Waals surface area contributed by atoms with Gasteiger partial charge in [-0.1, -0.05) is 42.5 Å². The molecule has 0 bridgehead atoms. The zero-order chi connectivity index (χ0) is 20.8. The van der Waals surface area contributed by atoms with E-state index in [4.69, 9.17) is 4.74 Å². The van der Waals surface area contributed by atoms with Crippen LogP contribution in [0.25, 0.3) is 10.8 Å². The molecule has 0 fully saturated rings. The van der Waals surface area contributed by atoms with E-state index in [2.05, 4.69) is 10.1 Å². The van der Waals surface area contributed by atoms with Crippen molar-refractivity contribution in [3.05, 3.63) is 66.2 Å². The van der Waals surface area contributed by atoms with Crippen molar-refractivity contribution in [3.63, 3.8) is 0 Å². The summed E-state index contributed by atoms with van der Waals surface area (Å²) in [4.78, 5) is 14.3. The lowest BCUT2D eigenvalue weighted by molar-refractivity contribution is -0.117. The third kappa shape index (κ3) is 5.42. The number of fused-ring (bicyclic) bond motifs is 1. The number of carbonyl (C=O) groups is 1. The third-order valence-electron chi connectivity index (χ3n) is 4.37. The molecule has 0 aromatic heterocycles. The van der Waals surface area contributed by atoms with Gasteiger partial charge in [0.05, 0.1) is 13.7 Å². The van der Waals surface area contributed by atoms with Gasteiger partial charge in [0.25, 0.3) is 0 Å². The van der Waals surface area contributed by atoms with Crippen LogP contribution in [0.15, 0.2) is 60.7 Å². The molecule has 29 heavy (non-hydrogen) atoms. The van der Waals surface area contributed by atoms with E-state index < -0.39 is 6.61 Å². The Morgan fingerprint density at radius 3 is 2.59 bits per heavy atom. The maximum absolute atomic E-state index is 12.5. The van der Waals surface area contributed by atoms with Crippen molar-refractivity contribution in [2.75, 3.05) is 26.0 Å². The molecule has 1 N–H and O–H groups in total. The number of hydrogen-bond acceptors (Lipinski definition) is 4. The molecule has 0 saturated carbocycles. The number of rotatable bonds is 8. The van der Waals surface area contributed by atoms with Crippen LogP contribution in [0.1, 0.15) is 5.56 Å². The van der Waals surface area contributed by atoms with Gasteiger partial charge in [0.2, 0.25) is 5.91 Å². The molecule has 3 rings (SSSR count). The lowest BCUT2D eigenvalue weighted by atomic mass is 10.1. The summed E-state index contributed by atoms with van der Waals surface area (Å²) in [6.45, 7) is -2.31. The van der Waals surface area contributed by atoms with Gasteiger partial charge in [-0.05, 0) is 36.2 Å². The first-order chi connectivity index (χ1) is 14.0. The second-order valence-corrected chi connectivity index (χ2v) is 6.61. The van der Waals surface area contributed by atoms with Crippen molar-refractivity contribution in [2.45, 2.75) is 13.2 Å². The molecule has 0 atom stereocenters. The van der Waals surface area contributed by atoms with Crippen LogP contribution in [0.2, 0.25) is 0 Å². The average Bonchev–Trinajstić information content (AvgIpc) is 2.69. The molecule has 7 heteroatoms. The molecule has 0 saturated heterocycles. The monoisotopic (exact) mass is 400 g/mol. The van der Waals surface area contributed by atoms with Gasteiger partial charge < -0.3 is 14.8 Å². The first kappa shape index (κ1) is 20.5.